The summed E-state index contributed by atoms with van der Waals surface area (Å²) in [6, 6.07) is 15.6. The first-order chi connectivity index (χ1) is 14.5. The van der Waals surface area contributed by atoms with Gasteiger partial charge in [0, 0.05) is 18.8 Å². The van der Waals surface area contributed by atoms with Crippen LogP contribution in [-0.2, 0) is 0 Å². The van der Waals surface area contributed by atoms with Crippen molar-refractivity contribution in [2.24, 2.45) is 5.92 Å². The van der Waals surface area contributed by atoms with E-state index in [1.54, 1.807) is 30.5 Å². The third-order valence-corrected chi connectivity index (χ3v) is 5.40. The zero-order valence-electron chi connectivity index (χ0n) is 16.7. The highest BCUT2D eigenvalue weighted by Crippen LogP contribution is 2.41. The Balaban J connectivity index is 1.76. The summed E-state index contributed by atoms with van der Waals surface area (Å²) in [7, 11) is 0. The summed E-state index contributed by atoms with van der Waals surface area (Å²) in [5.74, 6) is 1.53. The Labute approximate surface area is 179 Å². The molecular weight excluding hydrogens is 400 g/mol. The van der Waals surface area contributed by atoms with E-state index in [0.29, 0.717) is 28.1 Å². The van der Waals surface area contributed by atoms with E-state index in [4.69, 9.17) is 16.6 Å². The molecule has 8 heteroatoms. The zero-order chi connectivity index (χ0) is 21.3. The molecule has 4 rings (SSSR count). The summed E-state index contributed by atoms with van der Waals surface area (Å²) in [5.41, 5.74) is 1.32. The second-order valence-corrected chi connectivity index (χ2v) is 8.04. The quantitative estimate of drug-likeness (QED) is 0.344. The van der Waals surface area contributed by atoms with Crippen LogP contribution in [0.25, 0.3) is 11.3 Å². The van der Waals surface area contributed by atoms with Crippen LogP contribution in [0.4, 0.5) is 5.69 Å². The number of hydrogen-bond acceptors (Lipinski definition) is 5. The first-order valence-electron chi connectivity index (χ1n) is 9.77. The molecule has 0 radical (unpaired) electrons. The Bertz CT molecular complexity index is 1070. The standard InChI is InChI=1S/C22H22N4O3S/c1-14(2)13-25-21(20(24-22(25)30)16-8-5-6-12-23-16)19-11-10-18(29-19)15-7-3-4-9-17(15)26(27)28/h3-12,14,20-21H,13H2,1-2H3,(H,24,30). The minimum absolute atomic E-state index is 0.0128. The van der Waals surface area contributed by atoms with Crippen molar-refractivity contribution in [3.8, 4) is 11.3 Å². The summed E-state index contributed by atoms with van der Waals surface area (Å²) < 4.78 is 6.18. The minimum Gasteiger partial charge on any atom is -0.459 e. The number of nitro benzene ring substituents is 1. The number of nitrogens with one attached hydrogen (secondary N) is 1. The van der Waals surface area contributed by atoms with Gasteiger partial charge in [-0.15, -0.1) is 0 Å². The molecule has 0 bridgehead atoms. The highest BCUT2D eigenvalue weighted by molar-refractivity contribution is 7.80. The van der Waals surface area contributed by atoms with Crippen LogP contribution in [-0.4, -0.2) is 26.5 Å². The van der Waals surface area contributed by atoms with Crippen LogP contribution >= 0.6 is 12.2 Å². The normalized spacial score (nSPS) is 18.6. The zero-order valence-corrected chi connectivity index (χ0v) is 17.5. The van der Waals surface area contributed by atoms with Crippen molar-refractivity contribution in [1.29, 1.82) is 0 Å². The van der Waals surface area contributed by atoms with Gasteiger partial charge in [-0.25, -0.2) is 0 Å². The Kier molecular flexibility index (Phi) is 5.50. The molecule has 1 aliphatic rings. The number of pyridine rings is 1. The van der Waals surface area contributed by atoms with Gasteiger partial charge in [-0.3, -0.25) is 15.1 Å². The number of hydrogen-bond donors (Lipinski definition) is 1. The Morgan fingerprint density at radius 1 is 1.20 bits per heavy atom. The topological polar surface area (TPSA) is 84.4 Å². The largest absolute Gasteiger partial charge is 0.459 e. The van der Waals surface area contributed by atoms with Crippen molar-refractivity contribution in [3.63, 3.8) is 0 Å². The van der Waals surface area contributed by atoms with E-state index in [1.807, 2.05) is 24.3 Å². The van der Waals surface area contributed by atoms with Crippen molar-refractivity contribution in [2.75, 3.05) is 6.54 Å². The first-order valence-corrected chi connectivity index (χ1v) is 10.2. The molecule has 0 aliphatic carbocycles. The summed E-state index contributed by atoms with van der Waals surface area (Å²) in [4.78, 5) is 17.7. The van der Waals surface area contributed by atoms with Crippen LogP contribution in [0.3, 0.4) is 0 Å². The molecule has 3 aromatic rings. The van der Waals surface area contributed by atoms with Gasteiger partial charge in [-0.05, 0) is 48.5 Å². The maximum Gasteiger partial charge on any atom is 0.280 e. The van der Waals surface area contributed by atoms with E-state index in [9.17, 15) is 10.1 Å². The predicted octanol–water partition coefficient (Wildman–Crippen LogP) is 4.88. The van der Waals surface area contributed by atoms with Gasteiger partial charge in [0.05, 0.1) is 22.2 Å². The average Bonchev–Trinajstić information content (AvgIpc) is 3.33. The molecule has 1 aliphatic heterocycles. The highest BCUT2D eigenvalue weighted by Gasteiger charge is 2.41. The molecule has 2 unspecified atom stereocenters. The molecule has 0 amide bonds. The van der Waals surface area contributed by atoms with Gasteiger partial charge >= 0.3 is 0 Å². The summed E-state index contributed by atoms with van der Waals surface area (Å²) in [6.07, 6.45) is 1.75. The molecule has 1 aromatic carbocycles. The summed E-state index contributed by atoms with van der Waals surface area (Å²) in [5, 5.41) is 15.5. The van der Waals surface area contributed by atoms with E-state index in [0.717, 1.165) is 12.2 Å². The van der Waals surface area contributed by atoms with Crippen LogP contribution < -0.4 is 5.32 Å². The van der Waals surface area contributed by atoms with Crippen molar-refractivity contribution in [3.05, 3.63) is 82.4 Å². The van der Waals surface area contributed by atoms with Gasteiger partial charge in [0.2, 0.25) is 0 Å². The lowest BCUT2D eigenvalue weighted by Crippen LogP contribution is -2.32. The number of benzene rings is 1. The van der Waals surface area contributed by atoms with Crippen LogP contribution in [0.15, 0.2) is 65.2 Å². The number of nitrogens with zero attached hydrogens (tertiary/aromatic N) is 3. The maximum absolute atomic E-state index is 11.4. The summed E-state index contributed by atoms with van der Waals surface area (Å²) in [6.45, 7) is 5.02. The molecule has 30 heavy (non-hydrogen) atoms. The van der Waals surface area contributed by atoms with Gasteiger partial charge in [-0.2, -0.15) is 0 Å². The molecule has 0 saturated carbocycles. The molecule has 154 valence electrons. The Morgan fingerprint density at radius 3 is 2.67 bits per heavy atom. The van der Waals surface area contributed by atoms with E-state index in [2.05, 4.69) is 29.0 Å². The summed E-state index contributed by atoms with van der Waals surface area (Å²) >= 11 is 5.62. The fourth-order valence-corrected chi connectivity index (χ4v) is 4.12. The van der Waals surface area contributed by atoms with Gasteiger partial charge in [0.15, 0.2) is 5.11 Å². The van der Waals surface area contributed by atoms with E-state index < -0.39 is 4.92 Å². The van der Waals surface area contributed by atoms with Gasteiger partial charge in [-0.1, -0.05) is 32.0 Å². The van der Waals surface area contributed by atoms with Crippen LogP contribution in [0, 0.1) is 16.0 Å². The number of nitro groups is 1. The second kappa shape index (κ2) is 8.23. The van der Waals surface area contributed by atoms with Crippen LogP contribution in [0.1, 0.15) is 37.4 Å². The molecule has 3 heterocycles. The van der Waals surface area contributed by atoms with Crippen molar-refractivity contribution in [1.82, 2.24) is 15.2 Å². The lowest BCUT2D eigenvalue weighted by Gasteiger charge is -2.27. The Hall–Kier alpha value is -3.26. The van der Waals surface area contributed by atoms with Gasteiger partial charge in [0.25, 0.3) is 5.69 Å². The average molecular weight is 423 g/mol. The first kappa shape index (κ1) is 20.0. The van der Waals surface area contributed by atoms with Gasteiger partial charge < -0.3 is 14.6 Å². The van der Waals surface area contributed by atoms with E-state index in [1.165, 1.54) is 6.07 Å². The molecule has 2 aromatic heterocycles. The van der Waals surface area contributed by atoms with Gasteiger partial charge in [0.1, 0.15) is 17.6 Å². The molecule has 1 fully saturated rings. The molecule has 7 nitrogen and oxygen atoms in total. The fourth-order valence-electron chi connectivity index (χ4n) is 3.80. The number of para-hydroxylation sites is 1. The number of rotatable bonds is 6. The van der Waals surface area contributed by atoms with E-state index >= 15 is 0 Å². The van der Waals surface area contributed by atoms with Crippen molar-refractivity contribution >= 4 is 23.0 Å². The third kappa shape index (κ3) is 3.78. The third-order valence-electron chi connectivity index (χ3n) is 5.04. The molecule has 0 spiro atoms. The molecule has 1 saturated heterocycles. The SMILES string of the molecule is CC(C)CN1C(=S)NC(c2ccccn2)C1c1ccc(-c2ccccc2[N+](=O)[O-])o1. The predicted molar refractivity (Wildman–Crippen MR) is 118 cm³/mol. The highest BCUT2D eigenvalue weighted by atomic mass is 32.1. The van der Waals surface area contributed by atoms with Crippen LogP contribution in [0.5, 0.6) is 0 Å². The number of aromatic nitrogens is 1. The van der Waals surface area contributed by atoms with Crippen molar-refractivity contribution < 1.29 is 9.34 Å². The van der Waals surface area contributed by atoms with E-state index in [-0.39, 0.29) is 17.8 Å². The molecule has 1 N–H and O–H groups in total. The molecule has 2 atom stereocenters. The number of furan rings is 1. The maximum atomic E-state index is 11.4. The lowest BCUT2D eigenvalue weighted by molar-refractivity contribution is -0.384. The fraction of sp³-hybridized carbons (Fsp3) is 0.273. The van der Waals surface area contributed by atoms with Crippen LogP contribution in [0.2, 0.25) is 0 Å². The minimum atomic E-state index is -0.397. The Morgan fingerprint density at radius 2 is 1.97 bits per heavy atom. The number of thiocarbonyl (C=S) groups is 1. The smallest absolute Gasteiger partial charge is 0.280 e. The van der Waals surface area contributed by atoms with Crippen molar-refractivity contribution in [2.45, 2.75) is 25.9 Å². The lowest BCUT2D eigenvalue weighted by atomic mass is 10.0. The second-order valence-electron chi connectivity index (χ2n) is 7.65. The monoisotopic (exact) mass is 422 g/mol. The molecular formula is C22H22N4O3S.